The highest BCUT2D eigenvalue weighted by molar-refractivity contribution is 9.10. The summed E-state index contributed by atoms with van der Waals surface area (Å²) in [5.74, 6) is 0.593. The van der Waals surface area contributed by atoms with E-state index in [1.165, 1.54) is 0 Å². The number of nitrogens with zero attached hydrogens (tertiary/aromatic N) is 1. The molecule has 1 aliphatic heterocycles. The van der Waals surface area contributed by atoms with E-state index in [1.807, 2.05) is 69.3 Å². The van der Waals surface area contributed by atoms with Crippen molar-refractivity contribution >= 4 is 27.9 Å². The zero-order chi connectivity index (χ0) is 23.1. The van der Waals surface area contributed by atoms with Gasteiger partial charge in [-0.3, -0.25) is 4.79 Å². The summed E-state index contributed by atoms with van der Waals surface area (Å²) in [5.41, 5.74) is 1.34. The van der Waals surface area contributed by atoms with Crippen LogP contribution in [0.2, 0.25) is 0 Å². The number of amides is 2. The first-order chi connectivity index (χ1) is 15.2. The minimum Gasteiger partial charge on any atom is -0.489 e. The smallest absolute Gasteiger partial charge is 0.410 e. The molecule has 2 aromatic rings. The van der Waals surface area contributed by atoms with E-state index in [2.05, 4.69) is 21.2 Å². The average Bonchev–Trinajstić information content (AvgIpc) is 2.73. The molecule has 172 valence electrons. The van der Waals surface area contributed by atoms with Crippen molar-refractivity contribution in [2.75, 3.05) is 13.1 Å². The lowest BCUT2D eigenvalue weighted by molar-refractivity contribution is -0.121. The number of benzene rings is 2. The Kier molecular flexibility index (Phi) is 8.18. The number of hydrogen-bond acceptors (Lipinski definition) is 4. The van der Waals surface area contributed by atoms with Crippen LogP contribution in [-0.2, 0) is 22.6 Å². The van der Waals surface area contributed by atoms with E-state index >= 15 is 0 Å². The maximum Gasteiger partial charge on any atom is 0.410 e. The predicted molar refractivity (Wildman–Crippen MR) is 128 cm³/mol. The molecule has 2 aromatic carbocycles. The van der Waals surface area contributed by atoms with Gasteiger partial charge in [-0.2, -0.15) is 0 Å². The third-order valence-electron chi connectivity index (χ3n) is 5.05. The lowest BCUT2D eigenvalue weighted by atomic mass is 10.0. The van der Waals surface area contributed by atoms with E-state index in [0.717, 1.165) is 28.4 Å². The molecule has 3 rings (SSSR count). The Morgan fingerprint density at radius 2 is 1.91 bits per heavy atom. The van der Waals surface area contributed by atoms with Crippen molar-refractivity contribution in [3.63, 3.8) is 0 Å². The van der Waals surface area contributed by atoms with Crippen LogP contribution >= 0.6 is 15.9 Å². The van der Waals surface area contributed by atoms with E-state index in [1.54, 1.807) is 4.90 Å². The lowest BCUT2D eigenvalue weighted by Crippen LogP contribution is -2.51. The van der Waals surface area contributed by atoms with Gasteiger partial charge in [-0.1, -0.05) is 46.3 Å². The fraction of sp³-hybridized carbons (Fsp3) is 0.440. The second-order valence-electron chi connectivity index (χ2n) is 9.04. The van der Waals surface area contributed by atoms with Crippen LogP contribution in [0.25, 0.3) is 0 Å². The summed E-state index contributed by atoms with van der Waals surface area (Å²) in [6.07, 6.45) is 1.53. The first-order valence-corrected chi connectivity index (χ1v) is 11.7. The van der Waals surface area contributed by atoms with Crippen molar-refractivity contribution in [2.24, 2.45) is 0 Å². The minimum atomic E-state index is -0.538. The topological polar surface area (TPSA) is 67.9 Å². The minimum absolute atomic E-state index is 0.0930. The van der Waals surface area contributed by atoms with Gasteiger partial charge in [0.25, 0.3) is 0 Å². The average molecular weight is 503 g/mol. The molecule has 0 aromatic heterocycles. The Hall–Kier alpha value is -2.54. The van der Waals surface area contributed by atoms with Gasteiger partial charge in [-0.05, 0) is 57.4 Å². The van der Waals surface area contributed by atoms with Gasteiger partial charge in [0.05, 0.1) is 6.42 Å². The number of hydrogen-bond donors (Lipinski definition) is 1. The molecule has 1 atom stereocenters. The van der Waals surface area contributed by atoms with E-state index in [-0.39, 0.29) is 24.5 Å². The van der Waals surface area contributed by atoms with Crippen LogP contribution in [-0.4, -0.2) is 41.6 Å². The normalized spacial score (nSPS) is 16.4. The van der Waals surface area contributed by atoms with Crippen LogP contribution in [0.3, 0.4) is 0 Å². The van der Waals surface area contributed by atoms with Gasteiger partial charge in [0, 0.05) is 29.2 Å². The molecular weight excluding hydrogens is 472 g/mol. The van der Waals surface area contributed by atoms with Gasteiger partial charge in [-0.15, -0.1) is 0 Å². The van der Waals surface area contributed by atoms with Crippen LogP contribution in [0.15, 0.2) is 53.0 Å². The molecule has 0 aliphatic carbocycles. The number of ether oxygens (including phenoxy) is 2. The summed E-state index contributed by atoms with van der Waals surface area (Å²) >= 11 is 3.48. The summed E-state index contributed by atoms with van der Waals surface area (Å²) in [6.45, 7) is 7.09. The Bertz CT molecular complexity index is 927. The summed E-state index contributed by atoms with van der Waals surface area (Å²) in [6, 6.07) is 15.5. The number of rotatable bonds is 6. The van der Waals surface area contributed by atoms with Crippen molar-refractivity contribution < 1.29 is 19.1 Å². The fourth-order valence-corrected chi connectivity index (χ4v) is 4.01. The van der Waals surface area contributed by atoms with Gasteiger partial charge >= 0.3 is 6.09 Å². The highest BCUT2D eigenvalue weighted by Crippen LogP contribution is 2.25. The molecule has 1 heterocycles. The zero-order valence-electron chi connectivity index (χ0n) is 18.9. The number of likely N-dealkylation sites (tertiary alicyclic amines) is 1. The van der Waals surface area contributed by atoms with Crippen LogP contribution in [0.5, 0.6) is 5.75 Å². The van der Waals surface area contributed by atoms with Crippen LogP contribution in [0.1, 0.15) is 44.7 Å². The van der Waals surface area contributed by atoms with Crippen LogP contribution in [0, 0.1) is 0 Å². The van der Waals surface area contributed by atoms with Gasteiger partial charge in [0.15, 0.2) is 0 Å². The van der Waals surface area contributed by atoms with Gasteiger partial charge in [-0.25, -0.2) is 4.79 Å². The largest absolute Gasteiger partial charge is 0.489 e. The van der Waals surface area contributed by atoms with Crippen molar-refractivity contribution in [1.29, 1.82) is 0 Å². The molecule has 6 nitrogen and oxygen atoms in total. The molecule has 32 heavy (non-hydrogen) atoms. The van der Waals surface area contributed by atoms with E-state index < -0.39 is 5.60 Å². The summed E-state index contributed by atoms with van der Waals surface area (Å²) in [5, 5.41) is 3.08. The molecule has 0 bridgehead atoms. The molecule has 1 fully saturated rings. The van der Waals surface area contributed by atoms with E-state index in [4.69, 9.17) is 9.47 Å². The quantitative estimate of drug-likeness (QED) is 0.597. The maximum atomic E-state index is 12.8. The molecule has 1 aliphatic rings. The number of carbonyl (C=O) groups excluding carboxylic acids is 2. The van der Waals surface area contributed by atoms with Crippen LogP contribution in [0.4, 0.5) is 4.79 Å². The standard InChI is InChI=1S/C25H31BrN2O4/c1-25(2,3)32-24(30)28-13-7-10-21(16-28)27-23(29)15-19-14-20(26)11-12-22(19)31-17-18-8-5-4-6-9-18/h4-6,8-9,11-12,14,21H,7,10,13,15-17H2,1-3H3,(H,27,29). The van der Waals surface area contributed by atoms with Gasteiger partial charge < -0.3 is 19.7 Å². The summed E-state index contributed by atoms with van der Waals surface area (Å²) in [7, 11) is 0. The van der Waals surface area contributed by atoms with Crippen molar-refractivity contribution in [2.45, 2.75) is 58.3 Å². The van der Waals surface area contributed by atoms with Crippen molar-refractivity contribution in [1.82, 2.24) is 10.2 Å². The molecular formula is C25H31BrN2O4. The SMILES string of the molecule is CC(C)(C)OC(=O)N1CCCC(NC(=O)Cc2cc(Br)ccc2OCc2ccccc2)C1. The molecule has 0 spiro atoms. The van der Waals surface area contributed by atoms with Gasteiger partial charge in [0.2, 0.25) is 5.91 Å². The zero-order valence-corrected chi connectivity index (χ0v) is 20.5. The summed E-state index contributed by atoms with van der Waals surface area (Å²) in [4.78, 5) is 26.9. The predicted octanol–water partition coefficient (Wildman–Crippen LogP) is 5.09. The van der Waals surface area contributed by atoms with Crippen molar-refractivity contribution in [3.8, 4) is 5.75 Å². The fourth-order valence-electron chi connectivity index (χ4n) is 3.60. The number of piperidine rings is 1. The highest BCUT2D eigenvalue weighted by Gasteiger charge is 2.28. The third-order valence-corrected chi connectivity index (χ3v) is 5.54. The third kappa shape index (κ3) is 7.55. The first kappa shape index (κ1) is 24.1. The molecule has 1 unspecified atom stereocenters. The Morgan fingerprint density at radius 1 is 1.16 bits per heavy atom. The van der Waals surface area contributed by atoms with E-state index in [9.17, 15) is 9.59 Å². The molecule has 7 heteroatoms. The Labute approximate surface area is 198 Å². The first-order valence-electron chi connectivity index (χ1n) is 10.9. The molecule has 0 radical (unpaired) electrons. The monoisotopic (exact) mass is 502 g/mol. The second-order valence-corrected chi connectivity index (χ2v) is 9.95. The van der Waals surface area contributed by atoms with Crippen molar-refractivity contribution in [3.05, 3.63) is 64.1 Å². The maximum absolute atomic E-state index is 12.8. The van der Waals surface area contributed by atoms with E-state index in [0.29, 0.717) is 25.4 Å². The molecule has 2 amide bonds. The number of nitrogens with one attached hydrogen (secondary N) is 1. The van der Waals surface area contributed by atoms with Crippen LogP contribution < -0.4 is 10.1 Å². The van der Waals surface area contributed by atoms with Gasteiger partial charge in [0.1, 0.15) is 18.0 Å². The second kappa shape index (κ2) is 10.9. The highest BCUT2D eigenvalue weighted by atomic mass is 79.9. The molecule has 1 saturated heterocycles. The summed E-state index contributed by atoms with van der Waals surface area (Å²) < 4.78 is 12.4. The Balaban J connectivity index is 1.58. The number of carbonyl (C=O) groups is 2. The number of halogens is 1. The molecule has 0 saturated carbocycles. The molecule has 1 N–H and O–H groups in total. The lowest BCUT2D eigenvalue weighted by Gasteiger charge is -2.34. The Morgan fingerprint density at radius 3 is 2.62 bits per heavy atom.